The van der Waals surface area contributed by atoms with Crippen LogP contribution in [0.2, 0.25) is 0 Å². The third-order valence-corrected chi connectivity index (χ3v) is 15.6. The van der Waals surface area contributed by atoms with Gasteiger partial charge in [0.1, 0.15) is 11.5 Å². The zero-order chi connectivity index (χ0) is 42.6. The molecule has 0 unspecified atom stereocenters. The summed E-state index contributed by atoms with van der Waals surface area (Å²) in [6, 6.07) is 64.7. The molecular weight excluding hydrogens is 781 g/mol. The third-order valence-electron chi connectivity index (χ3n) is 14.4. The fraction of sp³-hybridized carbons (Fsp3) is 0.148. The zero-order valence-electron chi connectivity index (χ0n) is 36.5. The molecule has 1 nitrogen and oxygen atoms in total. The number of benzene rings is 9. The molecule has 2 heterocycles. The molecule has 63 heavy (non-hydrogen) atoms. The lowest BCUT2D eigenvalue weighted by molar-refractivity contribution is 0.487. The average Bonchev–Trinajstić information content (AvgIpc) is 3.91. The lowest BCUT2D eigenvalue weighted by atomic mass is 9.68. The van der Waals surface area contributed by atoms with Crippen LogP contribution in [0.3, 0.4) is 0 Å². The lowest BCUT2D eigenvalue weighted by Crippen LogP contribution is -2.27. The Bertz CT molecular complexity index is 3560. The quantitative estimate of drug-likeness (QED) is 0.169. The van der Waals surface area contributed by atoms with Crippen LogP contribution in [0.5, 0.6) is 11.5 Å². The molecule has 1 aliphatic heterocycles. The minimum absolute atomic E-state index is 0.00166. The normalized spacial score (nSPS) is 14.1. The van der Waals surface area contributed by atoms with Crippen LogP contribution < -0.4 is 4.74 Å². The molecule has 13 rings (SSSR count). The van der Waals surface area contributed by atoms with E-state index in [1.165, 1.54) is 114 Å². The van der Waals surface area contributed by atoms with Gasteiger partial charge >= 0.3 is 0 Å². The summed E-state index contributed by atoms with van der Waals surface area (Å²) < 4.78 is 9.44. The van der Waals surface area contributed by atoms with Crippen LogP contribution in [-0.4, -0.2) is 0 Å². The highest BCUT2D eigenvalue weighted by molar-refractivity contribution is 7.25. The van der Waals surface area contributed by atoms with E-state index in [0.717, 1.165) is 17.1 Å². The second-order valence-corrected chi connectivity index (χ2v) is 21.1. The summed E-state index contributed by atoms with van der Waals surface area (Å²) >= 11 is 1.86. The summed E-state index contributed by atoms with van der Waals surface area (Å²) in [7, 11) is 0. The second-order valence-electron chi connectivity index (χ2n) is 20.0. The molecule has 10 aromatic rings. The predicted molar refractivity (Wildman–Crippen MR) is 267 cm³/mol. The molecule has 0 fully saturated rings. The molecule has 2 heteroatoms. The van der Waals surface area contributed by atoms with Crippen LogP contribution >= 0.6 is 11.3 Å². The topological polar surface area (TPSA) is 9.23 Å². The molecule has 1 spiro atoms. The van der Waals surface area contributed by atoms with Gasteiger partial charge < -0.3 is 4.74 Å². The molecule has 0 N–H and O–H groups in total. The van der Waals surface area contributed by atoms with Crippen molar-refractivity contribution < 1.29 is 4.74 Å². The lowest BCUT2D eigenvalue weighted by Gasteiger charge is -2.33. The predicted octanol–water partition coefficient (Wildman–Crippen LogP) is 17.3. The van der Waals surface area contributed by atoms with E-state index in [1.54, 1.807) is 0 Å². The van der Waals surface area contributed by atoms with Gasteiger partial charge in [-0.3, -0.25) is 0 Å². The molecule has 0 saturated carbocycles. The molecular formula is C61H46OS. The maximum Gasteiger partial charge on any atom is 0.135 e. The SMILES string of the molecule is CC(C)(C)c1ccc2c(c1)C1(c3ccccc3-c3ccc(-c4ccc5c6c(cccc46)-c4cc(-c6ccc7sc8ccccc8c7c6)ccc4O5)cc31)c1cc(C(C)(C)C)ccc1-2. The van der Waals surface area contributed by atoms with E-state index >= 15 is 0 Å². The van der Waals surface area contributed by atoms with Gasteiger partial charge in [0, 0.05) is 31.1 Å². The van der Waals surface area contributed by atoms with Crippen molar-refractivity contribution in [3.05, 3.63) is 203 Å². The average molecular weight is 827 g/mol. The Hall–Kier alpha value is -6.74. The first-order valence-corrected chi connectivity index (χ1v) is 23.1. The Kier molecular flexibility index (Phi) is 7.42. The van der Waals surface area contributed by atoms with Crippen LogP contribution in [0.15, 0.2) is 170 Å². The molecule has 2 aliphatic carbocycles. The van der Waals surface area contributed by atoms with E-state index in [9.17, 15) is 0 Å². The zero-order valence-corrected chi connectivity index (χ0v) is 37.3. The number of rotatable bonds is 2. The van der Waals surface area contributed by atoms with Crippen molar-refractivity contribution in [3.8, 4) is 67.1 Å². The second kappa shape index (κ2) is 12.7. The summed E-state index contributed by atoms with van der Waals surface area (Å²) in [4.78, 5) is 0. The van der Waals surface area contributed by atoms with Gasteiger partial charge in [0.15, 0.2) is 0 Å². The number of ether oxygens (including phenoxy) is 1. The Morgan fingerprint density at radius 2 is 0.921 bits per heavy atom. The first-order valence-electron chi connectivity index (χ1n) is 22.3. The minimum Gasteiger partial charge on any atom is -0.456 e. The fourth-order valence-electron chi connectivity index (χ4n) is 11.3. The van der Waals surface area contributed by atoms with Crippen LogP contribution in [0.1, 0.15) is 74.9 Å². The van der Waals surface area contributed by atoms with Crippen molar-refractivity contribution in [2.75, 3.05) is 0 Å². The molecule has 1 aromatic heterocycles. The van der Waals surface area contributed by atoms with Crippen LogP contribution in [-0.2, 0) is 16.2 Å². The summed E-state index contributed by atoms with van der Waals surface area (Å²) in [5.41, 5.74) is 20.3. The highest BCUT2D eigenvalue weighted by Gasteiger charge is 2.52. The largest absolute Gasteiger partial charge is 0.456 e. The van der Waals surface area contributed by atoms with Crippen molar-refractivity contribution in [2.24, 2.45) is 0 Å². The maximum atomic E-state index is 6.80. The smallest absolute Gasteiger partial charge is 0.135 e. The number of fused-ring (bicyclic) bond motifs is 15. The Morgan fingerprint density at radius 1 is 0.365 bits per heavy atom. The van der Waals surface area contributed by atoms with Gasteiger partial charge in [-0.15, -0.1) is 11.3 Å². The molecule has 0 atom stereocenters. The summed E-state index contributed by atoms with van der Waals surface area (Å²) in [5, 5.41) is 5.00. The van der Waals surface area contributed by atoms with Crippen molar-refractivity contribution in [1.82, 2.24) is 0 Å². The molecule has 3 aliphatic rings. The van der Waals surface area contributed by atoms with E-state index in [4.69, 9.17) is 4.74 Å². The van der Waals surface area contributed by atoms with Crippen molar-refractivity contribution in [1.29, 1.82) is 0 Å². The molecule has 0 saturated heterocycles. The van der Waals surface area contributed by atoms with E-state index in [-0.39, 0.29) is 10.8 Å². The first-order chi connectivity index (χ1) is 30.5. The van der Waals surface area contributed by atoms with Crippen molar-refractivity contribution in [3.63, 3.8) is 0 Å². The number of hydrogen-bond acceptors (Lipinski definition) is 2. The fourth-order valence-corrected chi connectivity index (χ4v) is 12.3. The third kappa shape index (κ3) is 5.10. The standard InChI is InChI=1S/C61H46OS/c1-59(2,3)38-21-24-43-44-25-22-39(60(4,5)6)34-53(44)61(52(43)33-38)50-16-9-7-12-41(50)42-23-18-37(32-51(42)61)40-26-28-55-58-46(40)14-11-15-47(58)48-30-35(19-27-54(48)62-55)36-20-29-57-49(31-36)45-13-8-10-17-56(45)63-57/h7-34H,1-6H3. The number of hydrogen-bond donors (Lipinski definition) is 0. The van der Waals surface area contributed by atoms with Crippen LogP contribution in [0, 0.1) is 0 Å². The van der Waals surface area contributed by atoms with Crippen LogP contribution in [0.25, 0.3) is 86.6 Å². The van der Waals surface area contributed by atoms with Gasteiger partial charge in [-0.1, -0.05) is 169 Å². The molecule has 9 aromatic carbocycles. The summed E-state index contributed by atoms with van der Waals surface area (Å²) in [5.74, 6) is 1.80. The van der Waals surface area contributed by atoms with E-state index in [0.29, 0.717) is 0 Å². The van der Waals surface area contributed by atoms with Gasteiger partial charge in [-0.05, 0) is 142 Å². The number of thiophene rings is 1. The monoisotopic (exact) mass is 826 g/mol. The van der Waals surface area contributed by atoms with Gasteiger partial charge in [0.2, 0.25) is 0 Å². The van der Waals surface area contributed by atoms with Gasteiger partial charge in [0.25, 0.3) is 0 Å². The molecule has 0 radical (unpaired) electrons. The Balaban J connectivity index is 1.01. The Morgan fingerprint density at radius 3 is 1.68 bits per heavy atom. The minimum atomic E-state index is -0.460. The van der Waals surface area contributed by atoms with E-state index < -0.39 is 5.41 Å². The van der Waals surface area contributed by atoms with Crippen molar-refractivity contribution >= 4 is 42.3 Å². The highest BCUT2D eigenvalue weighted by atomic mass is 32.1. The molecule has 302 valence electrons. The van der Waals surface area contributed by atoms with Gasteiger partial charge in [-0.25, -0.2) is 0 Å². The highest BCUT2D eigenvalue weighted by Crippen LogP contribution is 2.64. The summed E-state index contributed by atoms with van der Waals surface area (Å²) in [6.07, 6.45) is 0. The maximum absolute atomic E-state index is 6.80. The molecule has 0 amide bonds. The summed E-state index contributed by atoms with van der Waals surface area (Å²) in [6.45, 7) is 14.0. The van der Waals surface area contributed by atoms with Gasteiger partial charge in [-0.2, -0.15) is 0 Å². The first kappa shape index (κ1) is 36.9. The van der Waals surface area contributed by atoms with E-state index in [2.05, 4.69) is 211 Å². The molecule has 0 bridgehead atoms. The van der Waals surface area contributed by atoms with Gasteiger partial charge in [0.05, 0.1) is 5.41 Å². The van der Waals surface area contributed by atoms with Crippen molar-refractivity contribution in [2.45, 2.75) is 57.8 Å². The van der Waals surface area contributed by atoms with Crippen LogP contribution in [0.4, 0.5) is 0 Å². The van der Waals surface area contributed by atoms with E-state index in [1.807, 2.05) is 11.3 Å². The Labute approximate surface area is 373 Å².